The largest absolute Gasteiger partial charge is 0.397 e. The first-order valence-electron chi connectivity index (χ1n) is 5.91. The van der Waals surface area contributed by atoms with Crippen LogP contribution in [-0.2, 0) is 0 Å². The Morgan fingerprint density at radius 2 is 1.95 bits per heavy atom. The molecule has 2 rings (SSSR count). The third-order valence-corrected chi connectivity index (χ3v) is 2.92. The summed E-state index contributed by atoms with van der Waals surface area (Å²) >= 11 is 0. The SMILES string of the molecule is Cc1ccc(C)c(C(=O)Nc2c(N)cccc2F)c1. The van der Waals surface area contributed by atoms with Crippen LogP contribution in [0.5, 0.6) is 0 Å². The minimum absolute atomic E-state index is 0.0217. The van der Waals surface area contributed by atoms with Crippen molar-refractivity contribution in [3.63, 3.8) is 0 Å². The predicted octanol–water partition coefficient (Wildman–Crippen LogP) is 3.28. The van der Waals surface area contributed by atoms with E-state index in [2.05, 4.69) is 5.32 Å². The third-order valence-electron chi connectivity index (χ3n) is 2.92. The van der Waals surface area contributed by atoms with Crippen LogP contribution in [0.15, 0.2) is 36.4 Å². The molecule has 0 fully saturated rings. The molecular formula is C15H15FN2O. The number of carbonyl (C=O) groups excluding carboxylic acids is 1. The quantitative estimate of drug-likeness (QED) is 0.812. The molecule has 98 valence electrons. The second kappa shape index (κ2) is 5.10. The molecule has 0 unspecified atom stereocenters. The Morgan fingerprint density at radius 1 is 1.21 bits per heavy atom. The molecule has 2 aromatic carbocycles. The summed E-state index contributed by atoms with van der Waals surface area (Å²) in [5.41, 5.74) is 8.21. The fourth-order valence-corrected chi connectivity index (χ4v) is 1.83. The van der Waals surface area contributed by atoms with Gasteiger partial charge in [-0.15, -0.1) is 0 Å². The molecule has 0 spiro atoms. The van der Waals surface area contributed by atoms with Crippen LogP contribution in [0.2, 0.25) is 0 Å². The van der Waals surface area contributed by atoms with Crippen LogP contribution in [0.25, 0.3) is 0 Å². The van der Waals surface area contributed by atoms with Crippen LogP contribution >= 0.6 is 0 Å². The first-order valence-corrected chi connectivity index (χ1v) is 5.91. The summed E-state index contributed by atoms with van der Waals surface area (Å²) in [5, 5.41) is 2.52. The van der Waals surface area contributed by atoms with E-state index in [1.54, 1.807) is 12.1 Å². The van der Waals surface area contributed by atoms with Gasteiger partial charge in [0.1, 0.15) is 11.5 Å². The summed E-state index contributed by atoms with van der Waals surface area (Å²) in [6, 6.07) is 9.84. The number of benzene rings is 2. The number of nitrogens with one attached hydrogen (secondary N) is 1. The van der Waals surface area contributed by atoms with Crippen LogP contribution in [-0.4, -0.2) is 5.91 Å². The Kier molecular flexibility index (Phi) is 3.51. The van der Waals surface area contributed by atoms with E-state index in [0.29, 0.717) is 5.56 Å². The zero-order valence-corrected chi connectivity index (χ0v) is 10.8. The van der Waals surface area contributed by atoms with Gasteiger partial charge in [0.15, 0.2) is 0 Å². The smallest absolute Gasteiger partial charge is 0.256 e. The van der Waals surface area contributed by atoms with E-state index in [1.807, 2.05) is 26.0 Å². The minimum atomic E-state index is -0.543. The summed E-state index contributed by atoms with van der Waals surface area (Å²) in [6.45, 7) is 3.73. The van der Waals surface area contributed by atoms with Crippen molar-refractivity contribution in [3.8, 4) is 0 Å². The van der Waals surface area contributed by atoms with Crippen molar-refractivity contribution in [3.05, 3.63) is 58.9 Å². The number of aryl methyl sites for hydroxylation is 2. The number of rotatable bonds is 2. The molecule has 0 aromatic heterocycles. The van der Waals surface area contributed by atoms with Crippen molar-refractivity contribution in [2.45, 2.75) is 13.8 Å². The highest BCUT2D eigenvalue weighted by Gasteiger charge is 2.13. The van der Waals surface area contributed by atoms with Gasteiger partial charge in [-0.1, -0.05) is 23.8 Å². The maximum atomic E-state index is 13.6. The molecule has 0 radical (unpaired) electrons. The number of halogens is 1. The lowest BCUT2D eigenvalue weighted by Gasteiger charge is -2.11. The number of para-hydroxylation sites is 1. The second-order valence-electron chi connectivity index (χ2n) is 4.48. The summed E-state index contributed by atoms with van der Waals surface area (Å²) in [5.74, 6) is -0.906. The standard InChI is InChI=1S/C15H15FN2O/c1-9-6-7-10(2)11(8-9)15(19)18-14-12(16)4-3-5-13(14)17/h3-8H,17H2,1-2H3,(H,18,19). The summed E-state index contributed by atoms with van der Waals surface area (Å²) in [4.78, 5) is 12.2. The lowest BCUT2D eigenvalue weighted by Crippen LogP contribution is -2.15. The molecule has 0 heterocycles. The average Bonchev–Trinajstić information content (AvgIpc) is 2.37. The summed E-state index contributed by atoms with van der Waals surface area (Å²) in [6.07, 6.45) is 0. The summed E-state index contributed by atoms with van der Waals surface area (Å²) < 4.78 is 13.6. The van der Waals surface area contributed by atoms with Crippen LogP contribution in [0.3, 0.4) is 0 Å². The van der Waals surface area contributed by atoms with E-state index in [-0.39, 0.29) is 17.3 Å². The fraction of sp³-hybridized carbons (Fsp3) is 0.133. The number of nitrogen functional groups attached to an aromatic ring is 1. The van der Waals surface area contributed by atoms with E-state index in [4.69, 9.17) is 5.73 Å². The molecule has 19 heavy (non-hydrogen) atoms. The molecule has 0 bridgehead atoms. The van der Waals surface area contributed by atoms with Crippen molar-refractivity contribution in [1.82, 2.24) is 0 Å². The van der Waals surface area contributed by atoms with Gasteiger partial charge in [-0.05, 0) is 37.6 Å². The lowest BCUT2D eigenvalue weighted by molar-refractivity contribution is 0.102. The highest BCUT2D eigenvalue weighted by molar-refractivity contribution is 6.06. The van der Waals surface area contributed by atoms with Crippen LogP contribution < -0.4 is 11.1 Å². The molecule has 3 nitrogen and oxygen atoms in total. The van der Waals surface area contributed by atoms with Gasteiger partial charge in [0.2, 0.25) is 0 Å². The highest BCUT2D eigenvalue weighted by atomic mass is 19.1. The van der Waals surface area contributed by atoms with Crippen molar-refractivity contribution < 1.29 is 9.18 Å². The van der Waals surface area contributed by atoms with Gasteiger partial charge in [0.05, 0.1) is 5.69 Å². The van der Waals surface area contributed by atoms with Crippen molar-refractivity contribution >= 4 is 17.3 Å². The predicted molar refractivity (Wildman–Crippen MR) is 74.7 cm³/mol. The molecule has 0 aliphatic heterocycles. The van der Waals surface area contributed by atoms with Gasteiger partial charge in [0, 0.05) is 5.56 Å². The Morgan fingerprint density at radius 3 is 2.63 bits per heavy atom. The lowest BCUT2D eigenvalue weighted by atomic mass is 10.0. The Balaban J connectivity index is 2.34. The number of carbonyl (C=O) groups is 1. The monoisotopic (exact) mass is 258 g/mol. The van der Waals surface area contributed by atoms with Gasteiger partial charge in [-0.3, -0.25) is 4.79 Å². The first-order chi connectivity index (χ1) is 8.99. The van der Waals surface area contributed by atoms with Crippen LogP contribution in [0.4, 0.5) is 15.8 Å². The molecule has 0 saturated carbocycles. The fourth-order valence-electron chi connectivity index (χ4n) is 1.83. The molecular weight excluding hydrogens is 243 g/mol. The van der Waals surface area contributed by atoms with Gasteiger partial charge < -0.3 is 11.1 Å². The maximum Gasteiger partial charge on any atom is 0.256 e. The first kappa shape index (κ1) is 13.1. The van der Waals surface area contributed by atoms with Gasteiger partial charge in [0.25, 0.3) is 5.91 Å². The number of anilines is 2. The van der Waals surface area contributed by atoms with Crippen LogP contribution in [0.1, 0.15) is 21.5 Å². The van der Waals surface area contributed by atoms with E-state index in [9.17, 15) is 9.18 Å². The normalized spacial score (nSPS) is 10.3. The highest BCUT2D eigenvalue weighted by Crippen LogP contribution is 2.23. The summed E-state index contributed by atoms with van der Waals surface area (Å²) in [7, 11) is 0. The molecule has 0 aliphatic carbocycles. The van der Waals surface area contributed by atoms with Crippen molar-refractivity contribution in [2.75, 3.05) is 11.1 Å². The van der Waals surface area contributed by atoms with E-state index < -0.39 is 5.82 Å². The van der Waals surface area contributed by atoms with Gasteiger partial charge >= 0.3 is 0 Å². The zero-order chi connectivity index (χ0) is 14.0. The topological polar surface area (TPSA) is 55.1 Å². The van der Waals surface area contributed by atoms with Crippen molar-refractivity contribution in [2.24, 2.45) is 0 Å². The zero-order valence-electron chi connectivity index (χ0n) is 10.8. The second-order valence-corrected chi connectivity index (χ2v) is 4.48. The number of hydrogen-bond donors (Lipinski definition) is 2. The Hall–Kier alpha value is -2.36. The van der Waals surface area contributed by atoms with E-state index in [1.165, 1.54) is 12.1 Å². The van der Waals surface area contributed by atoms with Crippen molar-refractivity contribution in [1.29, 1.82) is 0 Å². The number of nitrogens with two attached hydrogens (primary N) is 1. The number of hydrogen-bond acceptors (Lipinski definition) is 2. The molecule has 2 aromatic rings. The van der Waals surface area contributed by atoms with E-state index in [0.717, 1.165) is 11.1 Å². The molecule has 4 heteroatoms. The third kappa shape index (κ3) is 2.73. The maximum absolute atomic E-state index is 13.6. The molecule has 3 N–H and O–H groups in total. The Bertz CT molecular complexity index is 618. The van der Waals surface area contributed by atoms with Crippen LogP contribution in [0, 0.1) is 19.7 Å². The number of amides is 1. The van der Waals surface area contributed by atoms with Gasteiger partial charge in [-0.2, -0.15) is 0 Å². The van der Waals surface area contributed by atoms with Gasteiger partial charge in [-0.25, -0.2) is 4.39 Å². The molecule has 1 amide bonds. The Labute approximate surface area is 111 Å². The minimum Gasteiger partial charge on any atom is -0.397 e. The van der Waals surface area contributed by atoms with E-state index >= 15 is 0 Å². The molecule has 0 atom stereocenters. The average molecular weight is 258 g/mol. The molecule has 0 saturated heterocycles. The molecule has 0 aliphatic rings.